The van der Waals surface area contributed by atoms with Gasteiger partial charge in [0.1, 0.15) is 24.7 Å². The van der Waals surface area contributed by atoms with E-state index in [-0.39, 0.29) is 66.1 Å². The van der Waals surface area contributed by atoms with Crippen molar-refractivity contribution in [1.82, 2.24) is 4.90 Å². The number of Topliss-reactive ketones (excluding diaryl/α,β-unsaturated/α-hetero) is 1. The molecule has 2 heterocycles. The molecule has 0 unspecified atom stereocenters. The number of carboxylic acid groups (broad SMARTS) is 1. The van der Waals surface area contributed by atoms with Crippen LogP contribution in [0.4, 0.5) is 10.1 Å². The van der Waals surface area contributed by atoms with Crippen molar-refractivity contribution < 1.29 is 33.3 Å². The number of benzene rings is 2. The molecular weight excluding hydrogens is 517 g/mol. The van der Waals surface area contributed by atoms with E-state index >= 15 is 4.39 Å². The minimum Gasteiger partial charge on any atom is -0.490 e. The molecule has 0 spiro atoms. The number of ether oxygens (including phenoxy) is 3. The molecule has 0 aliphatic carbocycles. The number of ketones is 1. The molecule has 4 rings (SSSR count). The Morgan fingerprint density at radius 3 is 2.50 bits per heavy atom. The molecule has 2 aliphatic heterocycles. The number of carbonyl (C=O) groups is 2. The average molecular weight is 550 g/mol. The number of hydrogen-bond acceptors (Lipinski definition) is 7. The van der Waals surface area contributed by atoms with Crippen LogP contribution < -0.4 is 19.1 Å². The van der Waals surface area contributed by atoms with Crippen molar-refractivity contribution in [2.45, 2.75) is 39.7 Å². The summed E-state index contributed by atoms with van der Waals surface area (Å²) in [6, 6.07) is 5.07. The zero-order valence-electron chi connectivity index (χ0n) is 22.1. The molecule has 2 aromatic carbocycles. The first kappa shape index (κ1) is 29.0. The molecule has 0 atom stereocenters. The quantitative estimate of drug-likeness (QED) is 0.470. The van der Waals surface area contributed by atoms with Crippen molar-refractivity contribution in [2.24, 2.45) is 0 Å². The Labute approximate surface area is 227 Å². The summed E-state index contributed by atoms with van der Waals surface area (Å²) >= 11 is 0. The maximum atomic E-state index is 15.2. The summed E-state index contributed by atoms with van der Waals surface area (Å²) in [5.41, 5.74) is 1.98. The fourth-order valence-corrected chi connectivity index (χ4v) is 4.76. The minimum absolute atomic E-state index is 0. The van der Waals surface area contributed by atoms with Crippen molar-refractivity contribution in [3.05, 3.63) is 46.3 Å². The molecule has 0 amide bonds. The van der Waals surface area contributed by atoms with E-state index in [4.69, 9.17) is 19.6 Å². The number of aliphatic carboxylic acids is 1. The van der Waals surface area contributed by atoms with E-state index in [1.165, 1.54) is 12.0 Å². The Bertz CT molecular complexity index is 1280. The van der Waals surface area contributed by atoms with Gasteiger partial charge >= 0.3 is 5.97 Å². The number of anilines is 1. The van der Waals surface area contributed by atoms with Gasteiger partial charge in [-0.3, -0.25) is 15.0 Å². The average Bonchev–Trinajstić information content (AvgIpc) is 3.13. The molecule has 0 saturated carbocycles. The largest absolute Gasteiger partial charge is 0.490 e. The molecule has 206 valence electrons. The van der Waals surface area contributed by atoms with E-state index in [0.29, 0.717) is 42.3 Å². The van der Waals surface area contributed by atoms with Gasteiger partial charge in [0.05, 0.1) is 38.1 Å². The number of methoxy groups -OCH3 is 1. The second kappa shape index (κ2) is 11.1. The van der Waals surface area contributed by atoms with Crippen LogP contribution in [-0.4, -0.2) is 67.6 Å². The van der Waals surface area contributed by atoms with Gasteiger partial charge in [0.25, 0.3) is 0 Å². The Kier molecular flexibility index (Phi) is 8.45. The maximum absolute atomic E-state index is 15.2. The molecule has 9 nitrogen and oxygen atoms in total. The number of amidine groups is 1. The molecule has 0 fully saturated rings. The van der Waals surface area contributed by atoms with Gasteiger partial charge in [0.2, 0.25) is 0 Å². The highest BCUT2D eigenvalue weighted by Gasteiger charge is 2.34. The Hall–Kier alpha value is -3.53. The molecule has 2 aliphatic rings. The van der Waals surface area contributed by atoms with E-state index in [1.807, 2.05) is 20.8 Å². The number of hydrogen-bond donors (Lipinski definition) is 2. The molecule has 11 heteroatoms. The molecule has 2 aromatic rings. The van der Waals surface area contributed by atoms with Crippen LogP contribution in [-0.2, 0) is 16.8 Å². The number of nitrogens with zero attached hydrogens (tertiary/aromatic N) is 2. The first-order valence-electron chi connectivity index (χ1n) is 12.1. The van der Waals surface area contributed by atoms with Gasteiger partial charge in [0.15, 0.2) is 23.1 Å². The van der Waals surface area contributed by atoms with Gasteiger partial charge in [-0.25, -0.2) is 4.39 Å². The summed E-state index contributed by atoms with van der Waals surface area (Å²) in [4.78, 5) is 28.2. The second-order valence-electron chi connectivity index (χ2n) is 10.1. The summed E-state index contributed by atoms with van der Waals surface area (Å²) in [6.07, 6.45) is 0. The zero-order valence-corrected chi connectivity index (χ0v) is 23.0. The third-order valence-corrected chi connectivity index (χ3v) is 6.50. The van der Waals surface area contributed by atoms with Crippen LogP contribution in [0, 0.1) is 11.2 Å². The summed E-state index contributed by atoms with van der Waals surface area (Å²) in [7, 11) is 1.34. The first-order chi connectivity index (χ1) is 17.5. The van der Waals surface area contributed by atoms with Crippen LogP contribution in [0.3, 0.4) is 0 Å². The smallest absolute Gasteiger partial charge is 0.323 e. The monoisotopic (exact) mass is 549 g/mol. The Morgan fingerprint density at radius 1 is 1.18 bits per heavy atom. The lowest BCUT2D eigenvalue weighted by Crippen LogP contribution is -2.38. The summed E-state index contributed by atoms with van der Waals surface area (Å²) < 4.78 is 31.9. The lowest BCUT2D eigenvalue weighted by Gasteiger charge is -2.34. The third-order valence-electron chi connectivity index (χ3n) is 6.50. The summed E-state index contributed by atoms with van der Waals surface area (Å²) in [5.74, 6) is -1.28. The van der Waals surface area contributed by atoms with E-state index in [9.17, 15) is 14.7 Å². The van der Waals surface area contributed by atoms with E-state index in [0.717, 1.165) is 5.56 Å². The van der Waals surface area contributed by atoms with Crippen molar-refractivity contribution in [2.75, 3.05) is 44.9 Å². The highest BCUT2D eigenvalue weighted by molar-refractivity contribution is 6.06. The lowest BCUT2D eigenvalue weighted by atomic mass is 9.84. The third kappa shape index (κ3) is 5.36. The number of halogens is 2. The minimum atomic E-state index is -0.978. The van der Waals surface area contributed by atoms with Crippen LogP contribution in [0.15, 0.2) is 18.2 Å². The van der Waals surface area contributed by atoms with Gasteiger partial charge in [-0.15, -0.1) is 12.4 Å². The standard InChI is InChI=1S/C27H32FN3O6.ClH/c1-6-36-20-11-16-12-31(26(29)22(16)23(28)25(20)35-5)13-19(32)15-9-17(27(2,3)4)24-18(10-15)30(7-8-37-24)14-21(33)34;/h9-11,29H,6-8,12-14H2,1-5H3,(H,33,34);1H. The molecular formula is C27H33ClFN3O6. The highest BCUT2D eigenvalue weighted by atomic mass is 35.5. The molecule has 2 N–H and O–H groups in total. The van der Waals surface area contributed by atoms with Gasteiger partial charge in [0, 0.05) is 17.7 Å². The lowest BCUT2D eigenvalue weighted by molar-refractivity contribution is -0.135. The number of carboxylic acids is 1. The fraction of sp³-hybridized carbons (Fsp3) is 0.444. The molecule has 0 bridgehead atoms. The van der Waals surface area contributed by atoms with Crippen molar-refractivity contribution in [3.8, 4) is 17.2 Å². The van der Waals surface area contributed by atoms with Gasteiger partial charge < -0.3 is 29.1 Å². The van der Waals surface area contributed by atoms with Crippen molar-refractivity contribution in [3.63, 3.8) is 0 Å². The van der Waals surface area contributed by atoms with Gasteiger partial charge in [-0.05, 0) is 36.1 Å². The van der Waals surface area contributed by atoms with E-state index < -0.39 is 11.8 Å². The molecule has 38 heavy (non-hydrogen) atoms. The summed E-state index contributed by atoms with van der Waals surface area (Å²) in [5, 5.41) is 18.0. The molecule has 0 saturated heterocycles. The fourth-order valence-electron chi connectivity index (χ4n) is 4.76. The Morgan fingerprint density at radius 2 is 1.89 bits per heavy atom. The van der Waals surface area contributed by atoms with Crippen LogP contribution in [0.2, 0.25) is 0 Å². The predicted octanol–water partition coefficient (Wildman–Crippen LogP) is 4.26. The van der Waals surface area contributed by atoms with Crippen LogP contribution in [0.5, 0.6) is 17.2 Å². The number of carbonyl (C=O) groups excluding carboxylic acids is 1. The van der Waals surface area contributed by atoms with Gasteiger partial charge in [-0.1, -0.05) is 20.8 Å². The maximum Gasteiger partial charge on any atom is 0.323 e. The molecule has 0 radical (unpaired) electrons. The van der Waals surface area contributed by atoms with Crippen LogP contribution >= 0.6 is 12.4 Å². The second-order valence-corrected chi connectivity index (χ2v) is 10.1. The highest BCUT2D eigenvalue weighted by Crippen LogP contribution is 2.42. The van der Waals surface area contributed by atoms with Crippen molar-refractivity contribution in [1.29, 1.82) is 5.41 Å². The zero-order chi connectivity index (χ0) is 27.1. The van der Waals surface area contributed by atoms with Gasteiger partial charge in [-0.2, -0.15) is 0 Å². The van der Waals surface area contributed by atoms with E-state index in [1.54, 1.807) is 30.0 Å². The normalized spacial score (nSPS) is 14.3. The van der Waals surface area contributed by atoms with Crippen molar-refractivity contribution >= 4 is 35.7 Å². The van der Waals surface area contributed by atoms with Crippen LogP contribution in [0.25, 0.3) is 0 Å². The Balaban J connectivity index is 0.00000400. The topological polar surface area (TPSA) is 112 Å². The predicted molar refractivity (Wildman–Crippen MR) is 143 cm³/mol. The summed E-state index contributed by atoms with van der Waals surface area (Å²) in [6.45, 7) is 8.63. The SMILES string of the molecule is CCOc1cc2c(c(F)c1OC)C(=N)N(CC(=O)c1cc3c(c(C(C)(C)C)c1)OCCN3CC(=O)O)C2.Cl. The van der Waals surface area contributed by atoms with Crippen LogP contribution in [0.1, 0.15) is 54.7 Å². The first-order valence-corrected chi connectivity index (χ1v) is 12.1. The molecule has 0 aromatic heterocycles. The number of fused-ring (bicyclic) bond motifs is 2. The van der Waals surface area contributed by atoms with E-state index in [2.05, 4.69) is 0 Å². The number of rotatable bonds is 8. The number of nitrogens with one attached hydrogen (secondary N) is 1.